The molecule has 1 aliphatic carbocycles. The molecule has 60 heavy (non-hydrogen) atoms. The normalized spacial score (nSPS) is 12.7. The third-order valence-corrected chi connectivity index (χ3v) is 14.2. The number of fused-ring (bicyclic) bond motifs is 8. The zero-order valence-corrected chi connectivity index (χ0v) is 32.5. The summed E-state index contributed by atoms with van der Waals surface area (Å²) in [6, 6.07) is 74.0. The van der Waals surface area contributed by atoms with Crippen molar-refractivity contribution < 1.29 is 0 Å². The quantitative estimate of drug-likeness (QED) is 0.154. The molecule has 272 valence electrons. The first kappa shape index (κ1) is 31.2. The van der Waals surface area contributed by atoms with E-state index in [1.165, 1.54) is 152 Å². The van der Waals surface area contributed by atoms with E-state index in [0.717, 1.165) is 0 Å². The zero-order valence-electron chi connectivity index (χ0n) is 32.5. The molecule has 0 atom stereocenters. The second-order valence-corrected chi connectivity index (χ2v) is 17.0. The minimum Gasteiger partial charge on any atom is -0.0616 e. The first-order valence-corrected chi connectivity index (χ1v) is 21.1. The van der Waals surface area contributed by atoms with Gasteiger partial charge in [0.1, 0.15) is 0 Å². The molecule has 14 aromatic rings. The summed E-state index contributed by atoms with van der Waals surface area (Å²) in [7, 11) is 0. The summed E-state index contributed by atoms with van der Waals surface area (Å²) < 4.78 is 0. The Morgan fingerprint density at radius 2 is 0.583 bits per heavy atom. The van der Waals surface area contributed by atoms with Gasteiger partial charge in [0, 0.05) is 0 Å². The Morgan fingerprint density at radius 1 is 0.167 bits per heavy atom. The summed E-state index contributed by atoms with van der Waals surface area (Å²) in [6.07, 6.45) is 0. The highest BCUT2D eigenvalue weighted by atomic mass is 14.3. The number of hydrogen-bond acceptors (Lipinski definition) is 0. The van der Waals surface area contributed by atoms with E-state index in [-0.39, 0.29) is 0 Å². The molecule has 0 heteroatoms. The van der Waals surface area contributed by atoms with Crippen molar-refractivity contribution in [2.24, 2.45) is 0 Å². The Hall–Kier alpha value is -7.80. The van der Waals surface area contributed by atoms with Crippen LogP contribution in [0.4, 0.5) is 0 Å². The summed E-state index contributed by atoms with van der Waals surface area (Å²) >= 11 is 0. The smallest absolute Gasteiger partial charge is 0.000696 e. The molecule has 0 bridgehead atoms. The van der Waals surface area contributed by atoms with Crippen molar-refractivity contribution in [3.05, 3.63) is 194 Å². The van der Waals surface area contributed by atoms with Crippen molar-refractivity contribution in [2.45, 2.75) is 0 Å². The van der Waals surface area contributed by atoms with Gasteiger partial charge in [-0.2, -0.15) is 0 Å². The molecule has 0 spiro atoms. The minimum atomic E-state index is 1.27. The predicted molar refractivity (Wildman–Crippen MR) is 259 cm³/mol. The van der Waals surface area contributed by atoms with Gasteiger partial charge in [-0.3, -0.25) is 0 Å². The van der Waals surface area contributed by atoms with Gasteiger partial charge in [0.2, 0.25) is 0 Å². The highest BCUT2D eigenvalue weighted by Crippen LogP contribution is 2.60. The first-order valence-electron chi connectivity index (χ1n) is 21.1. The molecule has 0 saturated carbocycles. The lowest BCUT2D eigenvalue weighted by molar-refractivity contribution is 1.67. The van der Waals surface area contributed by atoms with Crippen LogP contribution in [0.25, 0.3) is 152 Å². The van der Waals surface area contributed by atoms with Crippen molar-refractivity contribution in [1.29, 1.82) is 0 Å². The molecule has 15 rings (SSSR count). The summed E-state index contributed by atoms with van der Waals surface area (Å²) in [6.45, 7) is 0. The fourth-order valence-electron chi connectivity index (χ4n) is 11.8. The van der Waals surface area contributed by atoms with E-state index in [4.69, 9.17) is 0 Å². The Morgan fingerprint density at radius 3 is 1.18 bits per heavy atom. The standard InChI is InChI=1S/C60H32/c1-2-13-40-33(8-1)22-27-41-42-16-7-17-49-56(42)51(32-50(40)41)60-58(48-31-26-39-21-19-35-10-6-12-37-24-29-46(48)55(39)53(35)37)44-15-4-3-14-43(44)57(59(49)60)47-30-25-38-20-18-34-9-5-11-36-23-28-45(47)54(38)52(34)36/h1-32H. The van der Waals surface area contributed by atoms with Crippen LogP contribution in [0.2, 0.25) is 0 Å². The van der Waals surface area contributed by atoms with Gasteiger partial charge in [-0.15, -0.1) is 0 Å². The average Bonchev–Trinajstić information content (AvgIpc) is 3.63. The first-order chi connectivity index (χ1) is 29.8. The monoisotopic (exact) mass is 752 g/mol. The lowest BCUT2D eigenvalue weighted by Gasteiger charge is -2.23. The Kier molecular flexibility index (Phi) is 5.74. The second kappa shape index (κ2) is 11.0. The number of hydrogen-bond donors (Lipinski definition) is 0. The van der Waals surface area contributed by atoms with Crippen molar-refractivity contribution in [1.82, 2.24) is 0 Å². The minimum absolute atomic E-state index is 1.27. The maximum absolute atomic E-state index is 2.54. The van der Waals surface area contributed by atoms with Crippen molar-refractivity contribution in [3.8, 4) is 44.5 Å². The van der Waals surface area contributed by atoms with E-state index in [1.807, 2.05) is 0 Å². The molecule has 0 heterocycles. The van der Waals surface area contributed by atoms with Gasteiger partial charge < -0.3 is 0 Å². The predicted octanol–water partition coefficient (Wildman–Crippen LogP) is 17.1. The van der Waals surface area contributed by atoms with Gasteiger partial charge >= 0.3 is 0 Å². The average molecular weight is 753 g/mol. The van der Waals surface area contributed by atoms with Gasteiger partial charge in [-0.1, -0.05) is 188 Å². The topological polar surface area (TPSA) is 0 Å². The second-order valence-electron chi connectivity index (χ2n) is 17.0. The van der Waals surface area contributed by atoms with Crippen LogP contribution >= 0.6 is 0 Å². The van der Waals surface area contributed by atoms with Crippen molar-refractivity contribution in [3.63, 3.8) is 0 Å². The Balaban J connectivity index is 1.18. The summed E-state index contributed by atoms with van der Waals surface area (Å²) in [5.74, 6) is 0. The van der Waals surface area contributed by atoms with Gasteiger partial charge in [0.25, 0.3) is 0 Å². The van der Waals surface area contributed by atoms with Gasteiger partial charge in [-0.05, 0) is 158 Å². The highest BCUT2D eigenvalue weighted by Gasteiger charge is 2.33. The third kappa shape index (κ3) is 3.78. The lowest BCUT2D eigenvalue weighted by atomic mass is 9.79. The fourth-order valence-corrected chi connectivity index (χ4v) is 11.8. The van der Waals surface area contributed by atoms with Crippen LogP contribution in [-0.2, 0) is 0 Å². The molecule has 0 unspecified atom stereocenters. The summed E-state index contributed by atoms with van der Waals surface area (Å²) in [4.78, 5) is 0. The molecule has 0 amide bonds. The molecule has 0 aliphatic heterocycles. The summed E-state index contributed by atoms with van der Waals surface area (Å²) in [5.41, 5.74) is 10.5. The van der Waals surface area contributed by atoms with Gasteiger partial charge in [0.15, 0.2) is 0 Å². The van der Waals surface area contributed by atoms with Crippen LogP contribution in [0.3, 0.4) is 0 Å². The largest absolute Gasteiger partial charge is 0.0616 e. The van der Waals surface area contributed by atoms with E-state index in [2.05, 4.69) is 194 Å². The molecule has 0 radical (unpaired) electrons. The van der Waals surface area contributed by atoms with E-state index in [9.17, 15) is 0 Å². The van der Waals surface area contributed by atoms with E-state index in [1.54, 1.807) is 0 Å². The molecule has 14 aromatic carbocycles. The molecular weight excluding hydrogens is 721 g/mol. The molecule has 0 aromatic heterocycles. The van der Waals surface area contributed by atoms with Crippen LogP contribution in [0.15, 0.2) is 194 Å². The molecule has 1 aliphatic rings. The van der Waals surface area contributed by atoms with Crippen LogP contribution in [0, 0.1) is 0 Å². The zero-order chi connectivity index (χ0) is 38.8. The molecule has 0 nitrogen and oxygen atoms in total. The highest BCUT2D eigenvalue weighted by molar-refractivity contribution is 6.36. The maximum atomic E-state index is 2.54. The van der Waals surface area contributed by atoms with Crippen LogP contribution in [-0.4, -0.2) is 0 Å². The van der Waals surface area contributed by atoms with E-state index >= 15 is 0 Å². The molecular formula is C60H32. The number of benzene rings is 14. The van der Waals surface area contributed by atoms with Crippen LogP contribution in [0.1, 0.15) is 0 Å². The molecule has 0 saturated heterocycles. The number of rotatable bonds is 2. The van der Waals surface area contributed by atoms with Crippen molar-refractivity contribution >= 4 is 108 Å². The van der Waals surface area contributed by atoms with Gasteiger partial charge in [-0.25, -0.2) is 0 Å². The van der Waals surface area contributed by atoms with E-state index < -0.39 is 0 Å². The van der Waals surface area contributed by atoms with Crippen LogP contribution in [0.5, 0.6) is 0 Å². The maximum Gasteiger partial charge on any atom is -0.000696 e. The van der Waals surface area contributed by atoms with E-state index in [0.29, 0.717) is 0 Å². The molecule has 0 N–H and O–H groups in total. The Bertz CT molecular complexity index is 4190. The Labute approximate surface area is 344 Å². The SMILES string of the molecule is c1ccc2c(c1)ccc1c3cccc4c3c(cc21)-c1c-4c(-c2ccc3ccc4cccc5ccc2c3c45)c2ccccc2c1-c1ccc2ccc3cccc4ccc1c2c34. The lowest BCUT2D eigenvalue weighted by Crippen LogP contribution is -1.96. The van der Waals surface area contributed by atoms with Crippen LogP contribution < -0.4 is 0 Å². The third-order valence-electron chi connectivity index (χ3n) is 14.2. The van der Waals surface area contributed by atoms with Gasteiger partial charge in [0.05, 0.1) is 0 Å². The van der Waals surface area contributed by atoms with Crippen molar-refractivity contribution in [2.75, 3.05) is 0 Å². The summed E-state index contributed by atoms with van der Waals surface area (Å²) in [5, 5.41) is 26.1. The molecule has 0 fully saturated rings. The fraction of sp³-hybridized carbons (Fsp3) is 0.